The van der Waals surface area contributed by atoms with E-state index >= 15 is 0 Å². The SMILES string of the molecule is CC(C)CCN1CCN(C(C)C)CC1C=O. The highest BCUT2D eigenvalue weighted by Gasteiger charge is 2.27. The lowest BCUT2D eigenvalue weighted by molar-refractivity contribution is -0.115. The minimum Gasteiger partial charge on any atom is -0.302 e. The van der Waals surface area contributed by atoms with Crippen LogP contribution in [0.1, 0.15) is 34.1 Å². The number of rotatable bonds is 5. The van der Waals surface area contributed by atoms with E-state index < -0.39 is 0 Å². The highest BCUT2D eigenvalue weighted by molar-refractivity contribution is 5.58. The molecule has 1 atom stereocenters. The summed E-state index contributed by atoms with van der Waals surface area (Å²) in [7, 11) is 0. The van der Waals surface area contributed by atoms with Gasteiger partial charge in [0.05, 0.1) is 6.04 Å². The molecule has 0 aromatic carbocycles. The van der Waals surface area contributed by atoms with Crippen molar-refractivity contribution >= 4 is 6.29 Å². The molecule has 0 amide bonds. The standard InChI is InChI=1S/C13H26N2O/c1-11(2)5-6-14-7-8-15(12(3)4)9-13(14)10-16/h10-13H,5-9H2,1-4H3. The molecule has 1 aliphatic rings. The smallest absolute Gasteiger partial charge is 0.138 e. The largest absolute Gasteiger partial charge is 0.302 e. The van der Waals surface area contributed by atoms with Gasteiger partial charge >= 0.3 is 0 Å². The van der Waals surface area contributed by atoms with E-state index in [9.17, 15) is 4.79 Å². The lowest BCUT2D eigenvalue weighted by Gasteiger charge is -2.41. The minimum absolute atomic E-state index is 0.106. The molecule has 1 heterocycles. The Morgan fingerprint density at radius 2 is 1.94 bits per heavy atom. The monoisotopic (exact) mass is 226 g/mol. The van der Waals surface area contributed by atoms with Gasteiger partial charge in [-0.15, -0.1) is 0 Å². The topological polar surface area (TPSA) is 23.6 Å². The van der Waals surface area contributed by atoms with Crippen molar-refractivity contribution in [3.8, 4) is 0 Å². The maximum absolute atomic E-state index is 11.1. The predicted molar refractivity (Wildman–Crippen MR) is 67.6 cm³/mol. The Kier molecular flexibility index (Phi) is 5.42. The van der Waals surface area contributed by atoms with E-state index in [-0.39, 0.29) is 6.04 Å². The van der Waals surface area contributed by atoms with E-state index in [2.05, 4.69) is 37.5 Å². The van der Waals surface area contributed by atoms with Crippen molar-refractivity contribution in [2.75, 3.05) is 26.2 Å². The van der Waals surface area contributed by atoms with Gasteiger partial charge in [0, 0.05) is 25.7 Å². The van der Waals surface area contributed by atoms with Crippen LogP contribution in [0.25, 0.3) is 0 Å². The van der Waals surface area contributed by atoms with E-state index in [0.717, 1.165) is 38.4 Å². The molecular weight excluding hydrogens is 200 g/mol. The fourth-order valence-electron chi connectivity index (χ4n) is 2.17. The second-order valence-electron chi connectivity index (χ2n) is 5.51. The zero-order valence-corrected chi connectivity index (χ0v) is 11.1. The van der Waals surface area contributed by atoms with Crippen molar-refractivity contribution in [1.29, 1.82) is 0 Å². The van der Waals surface area contributed by atoms with E-state index in [0.29, 0.717) is 6.04 Å². The number of carbonyl (C=O) groups excluding carboxylic acids is 1. The summed E-state index contributed by atoms with van der Waals surface area (Å²) in [6, 6.07) is 0.657. The number of hydrogen-bond donors (Lipinski definition) is 0. The molecule has 0 spiro atoms. The normalized spacial score (nSPS) is 24.2. The van der Waals surface area contributed by atoms with Crippen molar-refractivity contribution in [3.63, 3.8) is 0 Å². The zero-order valence-electron chi connectivity index (χ0n) is 11.1. The molecule has 94 valence electrons. The average molecular weight is 226 g/mol. The van der Waals surface area contributed by atoms with Crippen LogP contribution in [0, 0.1) is 5.92 Å². The molecule has 0 N–H and O–H groups in total. The quantitative estimate of drug-likeness (QED) is 0.666. The van der Waals surface area contributed by atoms with Crippen LogP contribution >= 0.6 is 0 Å². The van der Waals surface area contributed by atoms with Crippen LogP contribution in [0.3, 0.4) is 0 Å². The molecule has 3 heteroatoms. The Bertz CT molecular complexity index is 216. The first kappa shape index (κ1) is 13.7. The molecule has 0 aromatic heterocycles. The Labute approximate surface area is 99.8 Å². The lowest BCUT2D eigenvalue weighted by Crippen LogP contribution is -2.55. The second kappa shape index (κ2) is 6.36. The van der Waals surface area contributed by atoms with E-state index in [4.69, 9.17) is 0 Å². The van der Waals surface area contributed by atoms with Gasteiger partial charge in [0.25, 0.3) is 0 Å². The van der Waals surface area contributed by atoms with Gasteiger partial charge in [-0.25, -0.2) is 0 Å². The van der Waals surface area contributed by atoms with Crippen LogP contribution < -0.4 is 0 Å². The summed E-state index contributed by atoms with van der Waals surface area (Å²) >= 11 is 0. The van der Waals surface area contributed by atoms with Crippen molar-refractivity contribution in [3.05, 3.63) is 0 Å². The van der Waals surface area contributed by atoms with E-state index in [1.54, 1.807) is 0 Å². The number of piperazine rings is 1. The van der Waals surface area contributed by atoms with Gasteiger partial charge in [0.15, 0.2) is 0 Å². The van der Waals surface area contributed by atoms with Crippen molar-refractivity contribution < 1.29 is 4.79 Å². The minimum atomic E-state index is 0.106. The summed E-state index contributed by atoms with van der Waals surface area (Å²) < 4.78 is 0. The molecule has 1 fully saturated rings. The number of carbonyl (C=O) groups is 1. The predicted octanol–water partition coefficient (Wildman–Crippen LogP) is 1.63. The number of hydrogen-bond acceptors (Lipinski definition) is 3. The summed E-state index contributed by atoms with van der Waals surface area (Å²) in [6.07, 6.45) is 2.31. The fourth-order valence-corrected chi connectivity index (χ4v) is 2.17. The van der Waals surface area contributed by atoms with Gasteiger partial charge in [-0.1, -0.05) is 13.8 Å². The van der Waals surface area contributed by atoms with Gasteiger partial charge in [-0.3, -0.25) is 9.80 Å². The molecule has 3 nitrogen and oxygen atoms in total. The molecule has 0 aliphatic carbocycles. The van der Waals surface area contributed by atoms with Crippen LogP contribution in [0.15, 0.2) is 0 Å². The fraction of sp³-hybridized carbons (Fsp3) is 0.923. The van der Waals surface area contributed by atoms with Crippen LogP contribution in [0.2, 0.25) is 0 Å². The first-order valence-corrected chi connectivity index (χ1v) is 6.48. The number of nitrogens with zero attached hydrogens (tertiary/aromatic N) is 2. The van der Waals surface area contributed by atoms with Gasteiger partial charge in [0.2, 0.25) is 0 Å². The molecular formula is C13H26N2O. The van der Waals surface area contributed by atoms with Crippen LogP contribution in [-0.4, -0.2) is 54.3 Å². The van der Waals surface area contributed by atoms with E-state index in [1.807, 2.05) is 0 Å². The van der Waals surface area contributed by atoms with Crippen molar-refractivity contribution in [2.24, 2.45) is 5.92 Å². The molecule has 1 saturated heterocycles. The van der Waals surface area contributed by atoms with Crippen LogP contribution in [0.5, 0.6) is 0 Å². The Morgan fingerprint density at radius 1 is 1.25 bits per heavy atom. The maximum Gasteiger partial charge on any atom is 0.138 e. The van der Waals surface area contributed by atoms with E-state index in [1.165, 1.54) is 6.42 Å². The first-order valence-electron chi connectivity index (χ1n) is 6.48. The third kappa shape index (κ3) is 3.87. The molecule has 1 rings (SSSR count). The third-order valence-electron chi connectivity index (χ3n) is 3.45. The van der Waals surface area contributed by atoms with Gasteiger partial charge in [-0.2, -0.15) is 0 Å². The van der Waals surface area contributed by atoms with Crippen LogP contribution in [0.4, 0.5) is 0 Å². The summed E-state index contributed by atoms with van der Waals surface area (Å²) in [5.74, 6) is 0.718. The molecule has 1 unspecified atom stereocenters. The van der Waals surface area contributed by atoms with Crippen LogP contribution in [-0.2, 0) is 4.79 Å². The highest BCUT2D eigenvalue weighted by atomic mass is 16.1. The summed E-state index contributed by atoms with van der Waals surface area (Å²) in [6.45, 7) is 13.0. The Morgan fingerprint density at radius 3 is 2.44 bits per heavy atom. The molecule has 1 aliphatic heterocycles. The van der Waals surface area contributed by atoms with Crippen molar-refractivity contribution in [2.45, 2.75) is 46.2 Å². The van der Waals surface area contributed by atoms with Gasteiger partial charge in [0.1, 0.15) is 6.29 Å². The molecule has 0 radical (unpaired) electrons. The summed E-state index contributed by atoms with van der Waals surface area (Å²) in [5.41, 5.74) is 0. The number of aldehydes is 1. The molecule has 16 heavy (non-hydrogen) atoms. The van der Waals surface area contributed by atoms with Gasteiger partial charge < -0.3 is 4.79 Å². The van der Waals surface area contributed by atoms with Crippen molar-refractivity contribution in [1.82, 2.24) is 9.80 Å². The van der Waals surface area contributed by atoms with Gasteiger partial charge in [-0.05, 0) is 32.7 Å². The molecule has 0 aromatic rings. The lowest BCUT2D eigenvalue weighted by atomic mass is 10.1. The molecule has 0 bridgehead atoms. The zero-order chi connectivity index (χ0) is 12.1. The first-order chi connectivity index (χ1) is 7.54. The highest BCUT2D eigenvalue weighted by Crippen LogP contribution is 2.13. The Hall–Kier alpha value is -0.410. The summed E-state index contributed by atoms with van der Waals surface area (Å²) in [4.78, 5) is 15.8. The Balaban J connectivity index is 2.45. The maximum atomic E-state index is 11.1. The third-order valence-corrected chi connectivity index (χ3v) is 3.45. The average Bonchev–Trinajstić information content (AvgIpc) is 2.25. The molecule has 0 saturated carbocycles. The summed E-state index contributed by atoms with van der Waals surface area (Å²) in [5, 5.41) is 0. The second-order valence-corrected chi connectivity index (χ2v) is 5.51.